The molecule has 1 aliphatic rings. The van der Waals surface area contributed by atoms with Crippen molar-refractivity contribution in [3.8, 4) is 11.3 Å². The quantitative estimate of drug-likeness (QED) is 0.668. The summed E-state index contributed by atoms with van der Waals surface area (Å²) >= 11 is 0. The van der Waals surface area contributed by atoms with Gasteiger partial charge in [-0.3, -0.25) is 14.2 Å². The standard InChI is InChI=1S/C20H20F3N5O/c1-2-27-18(8-9-24-27)19(29)26-10-3-11-28-16(13-26)12-17(25-28)14-4-6-15(7-5-14)20(21,22)23/h4-9,12H,2-3,10-11,13H2,1H3. The Labute approximate surface area is 165 Å². The third kappa shape index (κ3) is 3.76. The van der Waals surface area contributed by atoms with Gasteiger partial charge in [0, 0.05) is 31.4 Å². The van der Waals surface area contributed by atoms with Crippen LogP contribution in [0.4, 0.5) is 13.2 Å². The summed E-state index contributed by atoms with van der Waals surface area (Å²) < 4.78 is 41.8. The lowest BCUT2D eigenvalue weighted by Crippen LogP contribution is -2.32. The Morgan fingerprint density at radius 2 is 1.90 bits per heavy atom. The van der Waals surface area contributed by atoms with Gasteiger partial charge in [-0.2, -0.15) is 23.4 Å². The third-order valence-electron chi connectivity index (χ3n) is 5.04. The number of hydrogen-bond acceptors (Lipinski definition) is 3. The van der Waals surface area contributed by atoms with E-state index < -0.39 is 11.7 Å². The molecule has 1 aromatic carbocycles. The van der Waals surface area contributed by atoms with E-state index in [1.54, 1.807) is 21.8 Å². The Morgan fingerprint density at radius 3 is 2.59 bits per heavy atom. The van der Waals surface area contributed by atoms with Crippen molar-refractivity contribution in [2.24, 2.45) is 0 Å². The highest BCUT2D eigenvalue weighted by Crippen LogP contribution is 2.31. The zero-order valence-corrected chi connectivity index (χ0v) is 15.9. The molecular weight excluding hydrogens is 383 g/mol. The van der Waals surface area contributed by atoms with Crippen molar-refractivity contribution in [3.63, 3.8) is 0 Å². The number of carbonyl (C=O) groups is 1. The number of benzene rings is 1. The maximum atomic E-state index is 12.9. The van der Waals surface area contributed by atoms with E-state index in [9.17, 15) is 18.0 Å². The van der Waals surface area contributed by atoms with Crippen molar-refractivity contribution in [2.75, 3.05) is 6.54 Å². The minimum absolute atomic E-state index is 0.0879. The second-order valence-electron chi connectivity index (χ2n) is 6.93. The topological polar surface area (TPSA) is 56.0 Å². The number of fused-ring (bicyclic) bond motifs is 1. The summed E-state index contributed by atoms with van der Waals surface area (Å²) in [5, 5.41) is 8.70. The molecule has 3 heterocycles. The van der Waals surface area contributed by atoms with Gasteiger partial charge in [0.1, 0.15) is 5.69 Å². The molecule has 2 aromatic heterocycles. The van der Waals surface area contributed by atoms with Gasteiger partial charge in [-0.05, 0) is 37.6 Å². The first kappa shape index (κ1) is 19.2. The summed E-state index contributed by atoms with van der Waals surface area (Å²) in [6.07, 6.45) is -2.01. The van der Waals surface area contributed by atoms with E-state index in [4.69, 9.17) is 0 Å². The molecule has 152 valence electrons. The first-order valence-electron chi connectivity index (χ1n) is 9.42. The van der Waals surface area contributed by atoms with E-state index in [2.05, 4.69) is 10.2 Å². The van der Waals surface area contributed by atoms with Gasteiger partial charge >= 0.3 is 6.18 Å². The highest BCUT2D eigenvalue weighted by molar-refractivity contribution is 5.92. The molecule has 29 heavy (non-hydrogen) atoms. The second kappa shape index (κ2) is 7.38. The number of carbonyl (C=O) groups excluding carboxylic acids is 1. The molecule has 1 amide bonds. The predicted molar refractivity (Wildman–Crippen MR) is 99.9 cm³/mol. The molecule has 1 aliphatic heterocycles. The summed E-state index contributed by atoms with van der Waals surface area (Å²) in [7, 11) is 0. The second-order valence-corrected chi connectivity index (χ2v) is 6.93. The molecule has 9 heteroatoms. The molecule has 0 bridgehead atoms. The van der Waals surface area contributed by atoms with Crippen molar-refractivity contribution in [3.05, 3.63) is 59.5 Å². The maximum Gasteiger partial charge on any atom is 0.416 e. The summed E-state index contributed by atoms with van der Waals surface area (Å²) in [6.45, 7) is 4.18. The minimum Gasteiger partial charge on any atom is -0.331 e. The van der Waals surface area contributed by atoms with Crippen LogP contribution in [0.5, 0.6) is 0 Å². The highest BCUT2D eigenvalue weighted by Gasteiger charge is 2.30. The van der Waals surface area contributed by atoms with E-state index in [1.807, 2.05) is 17.7 Å². The van der Waals surface area contributed by atoms with Gasteiger partial charge in [-0.15, -0.1) is 0 Å². The van der Waals surface area contributed by atoms with Gasteiger partial charge in [0.25, 0.3) is 5.91 Å². The Morgan fingerprint density at radius 1 is 1.14 bits per heavy atom. The summed E-state index contributed by atoms with van der Waals surface area (Å²) in [5.41, 5.74) is 1.92. The number of amides is 1. The van der Waals surface area contributed by atoms with Gasteiger partial charge in [0.05, 0.1) is 23.5 Å². The minimum atomic E-state index is -4.37. The van der Waals surface area contributed by atoms with Crippen LogP contribution in [0.25, 0.3) is 11.3 Å². The normalized spacial score (nSPS) is 14.6. The Kier molecular flexibility index (Phi) is 4.89. The monoisotopic (exact) mass is 403 g/mol. The number of alkyl halides is 3. The highest BCUT2D eigenvalue weighted by atomic mass is 19.4. The van der Waals surface area contributed by atoms with Crippen LogP contribution in [-0.4, -0.2) is 36.9 Å². The van der Waals surface area contributed by atoms with E-state index in [-0.39, 0.29) is 5.91 Å². The van der Waals surface area contributed by atoms with Gasteiger partial charge in [0.15, 0.2) is 0 Å². The number of halogens is 3. The molecule has 0 aliphatic carbocycles. The number of rotatable bonds is 3. The molecule has 0 fully saturated rings. The lowest BCUT2D eigenvalue weighted by atomic mass is 10.1. The van der Waals surface area contributed by atoms with Crippen LogP contribution < -0.4 is 0 Å². The smallest absolute Gasteiger partial charge is 0.331 e. The molecular formula is C20H20F3N5O. The average Bonchev–Trinajstić information content (AvgIpc) is 3.29. The van der Waals surface area contributed by atoms with E-state index >= 15 is 0 Å². The van der Waals surface area contributed by atoms with Crippen LogP contribution in [0.3, 0.4) is 0 Å². The molecule has 3 aromatic rings. The average molecular weight is 403 g/mol. The first-order valence-corrected chi connectivity index (χ1v) is 9.42. The summed E-state index contributed by atoms with van der Waals surface area (Å²) in [4.78, 5) is 14.7. The Balaban J connectivity index is 1.58. The van der Waals surface area contributed by atoms with Gasteiger partial charge < -0.3 is 4.90 Å². The fourth-order valence-corrected chi connectivity index (χ4v) is 3.54. The number of aromatic nitrogens is 4. The molecule has 0 unspecified atom stereocenters. The SMILES string of the molecule is CCn1nccc1C(=O)N1CCCn2nc(-c3ccc(C(F)(F)F)cc3)cc2C1. The molecule has 0 saturated heterocycles. The van der Waals surface area contributed by atoms with Crippen molar-refractivity contribution in [1.29, 1.82) is 0 Å². The fourth-order valence-electron chi connectivity index (χ4n) is 3.54. The molecule has 0 atom stereocenters. The maximum absolute atomic E-state index is 12.9. The van der Waals surface area contributed by atoms with Crippen LogP contribution in [0.2, 0.25) is 0 Å². The zero-order valence-electron chi connectivity index (χ0n) is 15.9. The largest absolute Gasteiger partial charge is 0.416 e. The lowest BCUT2D eigenvalue weighted by Gasteiger charge is -2.20. The number of aryl methyl sites for hydroxylation is 2. The van der Waals surface area contributed by atoms with Gasteiger partial charge in [0.2, 0.25) is 0 Å². The molecule has 6 nitrogen and oxygen atoms in total. The third-order valence-corrected chi connectivity index (χ3v) is 5.04. The number of nitrogens with zero attached hydrogens (tertiary/aromatic N) is 5. The molecule has 0 saturated carbocycles. The Bertz CT molecular complexity index is 1020. The van der Waals surface area contributed by atoms with Crippen LogP contribution >= 0.6 is 0 Å². The first-order chi connectivity index (χ1) is 13.9. The van der Waals surface area contributed by atoms with Crippen LogP contribution in [0.15, 0.2) is 42.6 Å². The van der Waals surface area contributed by atoms with Crippen molar-refractivity contribution < 1.29 is 18.0 Å². The van der Waals surface area contributed by atoms with E-state index in [1.165, 1.54) is 12.1 Å². The fraction of sp³-hybridized carbons (Fsp3) is 0.350. The predicted octanol–water partition coefficient (Wildman–Crippen LogP) is 3.83. The van der Waals surface area contributed by atoms with Gasteiger partial charge in [-0.25, -0.2) is 0 Å². The van der Waals surface area contributed by atoms with Crippen LogP contribution in [-0.2, 0) is 25.8 Å². The lowest BCUT2D eigenvalue weighted by molar-refractivity contribution is -0.137. The van der Waals surface area contributed by atoms with Gasteiger partial charge in [-0.1, -0.05) is 12.1 Å². The Hall–Kier alpha value is -3.10. The summed E-state index contributed by atoms with van der Waals surface area (Å²) in [6, 6.07) is 8.51. The van der Waals surface area contributed by atoms with E-state index in [0.717, 1.165) is 24.2 Å². The molecule has 4 rings (SSSR count). The zero-order chi connectivity index (χ0) is 20.6. The van der Waals surface area contributed by atoms with Crippen LogP contribution in [0.1, 0.15) is 35.1 Å². The van der Waals surface area contributed by atoms with Crippen molar-refractivity contribution in [2.45, 2.75) is 39.2 Å². The number of hydrogen-bond donors (Lipinski definition) is 0. The van der Waals surface area contributed by atoms with Crippen molar-refractivity contribution >= 4 is 5.91 Å². The molecule has 0 radical (unpaired) electrons. The van der Waals surface area contributed by atoms with Crippen LogP contribution in [0, 0.1) is 0 Å². The molecule has 0 N–H and O–H groups in total. The molecule has 0 spiro atoms. The van der Waals surface area contributed by atoms with E-state index in [0.29, 0.717) is 43.1 Å². The van der Waals surface area contributed by atoms with Crippen molar-refractivity contribution in [1.82, 2.24) is 24.5 Å². The summed E-state index contributed by atoms with van der Waals surface area (Å²) in [5.74, 6) is -0.0879.